The van der Waals surface area contributed by atoms with E-state index in [9.17, 15) is 0 Å². The highest BCUT2D eigenvalue weighted by molar-refractivity contribution is 5.39. The molecule has 0 spiro atoms. The third kappa shape index (κ3) is 1.93. The number of hydrogen-bond acceptors (Lipinski definition) is 3. The lowest BCUT2D eigenvalue weighted by atomic mass is 9.79. The maximum atomic E-state index is 6.46. The molecule has 1 saturated heterocycles. The first-order valence-corrected chi connectivity index (χ1v) is 5.66. The molecule has 88 valence electrons. The molecule has 0 aromatic heterocycles. The Balaban J connectivity index is 2.33. The molecule has 1 aromatic carbocycles. The first kappa shape index (κ1) is 11.4. The third-order valence-electron chi connectivity index (χ3n) is 3.47. The van der Waals surface area contributed by atoms with Crippen LogP contribution in [0.1, 0.15) is 18.9 Å². The fourth-order valence-electron chi connectivity index (χ4n) is 2.32. The highest BCUT2D eigenvalue weighted by Crippen LogP contribution is 2.36. The Morgan fingerprint density at radius 2 is 2.19 bits per heavy atom. The summed E-state index contributed by atoms with van der Waals surface area (Å²) in [6, 6.07) is 7.95. The Hall–Kier alpha value is -1.06. The van der Waals surface area contributed by atoms with E-state index in [1.54, 1.807) is 7.11 Å². The zero-order chi connectivity index (χ0) is 11.6. The van der Waals surface area contributed by atoms with Crippen molar-refractivity contribution in [2.24, 2.45) is 11.7 Å². The number of nitrogens with two attached hydrogens (primary N) is 1. The first-order valence-electron chi connectivity index (χ1n) is 5.66. The van der Waals surface area contributed by atoms with Crippen LogP contribution in [0.3, 0.4) is 0 Å². The summed E-state index contributed by atoms with van der Waals surface area (Å²) in [5.41, 5.74) is 7.14. The summed E-state index contributed by atoms with van der Waals surface area (Å²) in [5, 5.41) is 0. The molecule has 1 aliphatic rings. The highest BCUT2D eigenvalue weighted by atomic mass is 16.5. The van der Waals surface area contributed by atoms with Gasteiger partial charge in [-0.15, -0.1) is 0 Å². The molecule has 2 atom stereocenters. The Morgan fingerprint density at radius 1 is 1.44 bits per heavy atom. The molecule has 16 heavy (non-hydrogen) atoms. The standard InChI is InChI=1S/C13H19NO2/c1-13(14,10-7-8-16-9-10)11-5-3-4-6-12(11)15-2/h3-6,10H,7-9,14H2,1-2H3. The Bertz CT molecular complexity index is 357. The predicted octanol–water partition coefficient (Wildman–Crippen LogP) is 1.91. The topological polar surface area (TPSA) is 44.5 Å². The maximum Gasteiger partial charge on any atom is 0.123 e. The van der Waals surface area contributed by atoms with Gasteiger partial charge in [-0.3, -0.25) is 0 Å². The molecular weight excluding hydrogens is 202 g/mol. The molecule has 2 N–H and O–H groups in total. The Kier molecular flexibility index (Phi) is 3.17. The molecule has 0 saturated carbocycles. The van der Waals surface area contributed by atoms with Gasteiger partial charge in [0.25, 0.3) is 0 Å². The van der Waals surface area contributed by atoms with Crippen molar-refractivity contribution < 1.29 is 9.47 Å². The molecule has 2 rings (SSSR count). The Labute approximate surface area is 96.5 Å². The molecule has 0 radical (unpaired) electrons. The first-order chi connectivity index (χ1) is 7.66. The fraction of sp³-hybridized carbons (Fsp3) is 0.538. The summed E-state index contributed by atoms with van der Waals surface area (Å²) in [4.78, 5) is 0. The number of hydrogen-bond donors (Lipinski definition) is 1. The molecule has 3 nitrogen and oxygen atoms in total. The van der Waals surface area contributed by atoms with Crippen LogP contribution in [-0.4, -0.2) is 20.3 Å². The summed E-state index contributed by atoms with van der Waals surface area (Å²) in [7, 11) is 1.68. The lowest BCUT2D eigenvalue weighted by Crippen LogP contribution is -2.41. The second-order valence-corrected chi connectivity index (χ2v) is 4.54. The van der Waals surface area contributed by atoms with Crippen molar-refractivity contribution in [1.29, 1.82) is 0 Å². The van der Waals surface area contributed by atoms with Gasteiger partial charge in [0, 0.05) is 23.6 Å². The smallest absolute Gasteiger partial charge is 0.123 e. The third-order valence-corrected chi connectivity index (χ3v) is 3.47. The average Bonchev–Trinajstić information content (AvgIpc) is 2.83. The van der Waals surface area contributed by atoms with E-state index in [1.807, 2.05) is 24.3 Å². The molecule has 0 bridgehead atoms. The van der Waals surface area contributed by atoms with Crippen LogP contribution in [-0.2, 0) is 10.3 Å². The SMILES string of the molecule is COc1ccccc1C(C)(N)C1CCOC1. The molecule has 0 amide bonds. The molecule has 1 aliphatic heterocycles. The lowest BCUT2D eigenvalue weighted by Gasteiger charge is -2.32. The lowest BCUT2D eigenvalue weighted by molar-refractivity contribution is 0.165. The van der Waals surface area contributed by atoms with Gasteiger partial charge >= 0.3 is 0 Å². The van der Waals surface area contributed by atoms with E-state index in [-0.39, 0.29) is 5.54 Å². The van der Waals surface area contributed by atoms with Crippen LogP contribution in [0.25, 0.3) is 0 Å². The van der Waals surface area contributed by atoms with E-state index >= 15 is 0 Å². The van der Waals surface area contributed by atoms with Gasteiger partial charge < -0.3 is 15.2 Å². The molecule has 1 heterocycles. The van der Waals surface area contributed by atoms with Crippen LogP contribution in [0.5, 0.6) is 5.75 Å². The molecule has 1 aromatic rings. The zero-order valence-electron chi connectivity index (χ0n) is 9.90. The highest BCUT2D eigenvalue weighted by Gasteiger charge is 2.36. The second kappa shape index (κ2) is 4.44. The van der Waals surface area contributed by atoms with Crippen LogP contribution in [0, 0.1) is 5.92 Å². The number of rotatable bonds is 3. The van der Waals surface area contributed by atoms with Crippen molar-refractivity contribution in [2.75, 3.05) is 20.3 Å². The fourth-order valence-corrected chi connectivity index (χ4v) is 2.32. The summed E-state index contributed by atoms with van der Waals surface area (Å²) >= 11 is 0. The summed E-state index contributed by atoms with van der Waals surface area (Å²) in [6.45, 7) is 3.61. The van der Waals surface area contributed by atoms with Gasteiger partial charge in [0.15, 0.2) is 0 Å². The second-order valence-electron chi connectivity index (χ2n) is 4.54. The van der Waals surface area contributed by atoms with Crippen LogP contribution in [0.4, 0.5) is 0 Å². The van der Waals surface area contributed by atoms with Crippen molar-refractivity contribution in [1.82, 2.24) is 0 Å². The van der Waals surface area contributed by atoms with Gasteiger partial charge in [-0.1, -0.05) is 18.2 Å². The molecule has 1 fully saturated rings. The predicted molar refractivity (Wildman–Crippen MR) is 63.5 cm³/mol. The number of methoxy groups -OCH3 is 1. The average molecular weight is 221 g/mol. The monoisotopic (exact) mass is 221 g/mol. The van der Waals surface area contributed by atoms with E-state index in [0.717, 1.165) is 30.9 Å². The quantitative estimate of drug-likeness (QED) is 0.848. The molecule has 0 aliphatic carbocycles. The van der Waals surface area contributed by atoms with Crippen LogP contribution in [0.15, 0.2) is 24.3 Å². The summed E-state index contributed by atoms with van der Waals surface area (Å²) < 4.78 is 10.8. The normalized spacial score (nSPS) is 24.1. The number of benzene rings is 1. The van der Waals surface area contributed by atoms with Crippen molar-refractivity contribution >= 4 is 0 Å². The van der Waals surface area contributed by atoms with Gasteiger partial charge in [0.05, 0.1) is 13.7 Å². The maximum absolute atomic E-state index is 6.46. The van der Waals surface area contributed by atoms with E-state index < -0.39 is 0 Å². The van der Waals surface area contributed by atoms with Gasteiger partial charge in [0.1, 0.15) is 5.75 Å². The van der Waals surface area contributed by atoms with Crippen molar-refractivity contribution in [2.45, 2.75) is 18.9 Å². The van der Waals surface area contributed by atoms with Gasteiger partial charge in [-0.2, -0.15) is 0 Å². The van der Waals surface area contributed by atoms with Crippen molar-refractivity contribution in [3.8, 4) is 5.75 Å². The number of ether oxygens (including phenoxy) is 2. The van der Waals surface area contributed by atoms with Gasteiger partial charge in [0.2, 0.25) is 0 Å². The van der Waals surface area contributed by atoms with E-state index in [2.05, 4.69) is 6.92 Å². The minimum absolute atomic E-state index is 0.365. The van der Waals surface area contributed by atoms with Crippen LogP contribution < -0.4 is 10.5 Å². The molecular formula is C13H19NO2. The number of para-hydroxylation sites is 1. The van der Waals surface area contributed by atoms with Crippen molar-refractivity contribution in [3.63, 3.8) is 0 Å². The summed E-state index contributed by atoms with van der Waals surface area (Å²) in [6.07, 6.45) is 1.02. The van der Waals surface area contributed by atoms with Crippen molar-refractivity contribution in [3.05, 3.63) is 29.8 Å². The largest absolute Gasteiger partial charge is 0.496 e. The van der Waals surface area contributed by atoms with E-state index in [1.165, 1.54) is 0 Å². The zero-order valence-corrected chi connectivity index (χ0v) is 9.90. The van der Waals surface area contributed by atoms with E-state index in [4.69, 9.17) is 15.2 Å². The molecule has 2 unspecified atom stereocenters. The van der Waals surface area contributed by atoms with Gasteiger partial charge in [-0.05, 0) is 19.4 Å². The van der Waals surface area contributed by atoms with Crippen LogP contribution >= 0.6 is 0 Å². The Morgan fingerprint density at radius 3 is 2.81 bits per heavy atom. The minimum atomic E-state index is -0.386. The molecule has 3 heteroatoms. The minimum Gasteiger partial charge on any atom is -0.496 e. The summed E-state index contributed by atoms with van der Waals surface area (Å²) in [5.74, 6) is 1.23. The van der Waals surface area contributed by atoms with Crippen LogP contribution in [0.2, 0.25) is 0 Å². The van der Waals surface area contributed by atoms with Gasteiger partial charge in [-0.25, -0.2) is 0 Å². The van der Waals surface area contributed by atoms with E-state index in [0.29, 0.717) is 5.92 Å².